The summed E-state index contributed by atoms with van der Waals surface area (Å²) in [6.45, 7) is 1.87. The molecular weight excluding hydrogens is 262 g/mol. The average molecular weight is 277 g/mol. The Labute approximate surface area is 112 Å². The van der Waals surface area contributed by atoms with E-state index in [1.165, 1.54) is 0 Å². The van der Waals surface area contributed by atoms with Gasteiger partial charge in [-0.2, -0.15) is 0 Å². The smallest absolute Gasteiger partial charge is 0.238 e. The van der Waals surface area contributed by atoms with E-state index in [0.717, 1.165) is 5.56 Å². The molecule has 6 heteroatoms. The SMILES string of the molecule is Cc1ccnc(NS(=O)(=O)Cc2cccc(N)c2)c1. The van der Waals surface area contributed by atoms with Gasteiger partial charge in [0.1, 0.15) is 5.82 Å². The summed E-state index contributed by atoms with van der Waals surface area (Å²) in [6, 6.07) is 10.3. The Morgan fingerprint density at radius 1 is 1.26 bits per heavy atom. The number of nitrogens with two attached hydrogens (primary N) is 1. The highest BCUT2D eigenvalue weighted by atomic mass is 32.2. The van der Waals surface area contributed by atoms with Crippen LogP contribution < -0.4 is 10.5 Å². The summed E-state index contributed by atoms with van der Waals surface area (Å²) in [5.41, 5.74) is 7.75. The summed E-state index contributed by atoms with van der Waals surface area (Å²) in [5.74, 6) is 0.192. The van der Waals surface area contributed by atoms with Gasteiger partial charge in [-0.15, -0.1) is 0 Å². The van der Waals surface area contributed by atoms with Gasteiger partial charge in [0.15, 0.2) is 0 Å². The minimum Gasteiger partial charge on any atom is -0.399 e. The van der Waals surface area contributed by atoms with Gasteiger partial charge in [-0.3, -0.25) is 4.72 Å². The Bertz CT molecular complexity index is 630. The monoisotopic (exact) mass is 277 g/mol. The molecule has 19 heavy (non-hydrogen) atoms. The van der Waals surface area contributed by atoms with E-state index in [4.69, 9.17) is 5.73 Å². The number of rotatable bonds is 4. The molecule has 0 amide bonds. The van der Waals surface area contributed by atoms with E-state index in [2.05, 4.69) is 9.71 Å². The second kappa shape index (κ2) is 5.27. The molecule has 1 aromatic carbocycles. The first-order valence-electron chi connectivity index (χ1n) is 5.72. The van der Waals surface area contributed by atoms with Gasteiger partial charge in [0, 0.05) is 11.9 Å². The summed E-state index contributed by atoms with van der Waals surface area (Å²) in [4.78, 5) is 3.97. The number of sulfonamides is 1. The zero-order chi connectivity index (χ0) is 13.9. The van der Waals surface area contributed by atoms with E-state index in [-0.39, 0.29) is 5.75 Å². The molecule has 0 atom stereocenters. The molecule has 1 heterocycles. The molecule has 0 spiro atoms. The van der Waals surface area contributed by atoms with E-state index in [9.17, 15) is 8.42 Å². The molecular formula is C13H15N3O2S. The lowest BCUT2D eigenvalue weighted by Crippen LogP contribution is -2.16. The molecule has 0 aliphatic rings. The Kier molecular flexibility index (Phi) is 3.71. The van der Waals surface area contributed by atoms with Crippen LogP contribution in [0.15, 0.2) is 42.6 Å². The maximum Gasteiger partial charge on any atom is 0.238 e. The van der Waals surface area contributed by atoms with E-state index >= 15 is 0 Å². The van der Waals surface area contributed by atoms with Crippen molar-refractivity contribution in [2.75, 3.05) is 10.5 Å². The van der Waals surface area contributed by atoms with E-state index in [1.54, 1.807) is 42.6 Å². The summed E-state index contributed by atoms with van der Waals surface area (Å²) in [6.07, 6.45) is 1.56. The number of nitrogen functional groups attached to an aromatic ring is 1. The Hall–Kier alpha value is -2.08. The largest absolute Gasteiger partial charge is 0.399 e. The van der Waals surface area contributed by atoms with Gasteiger partial charge in [-0.1, -0.05) is 12.1 Å². The topological polar surface area (TPSA) is 85.1 Å². The minimum absolute atomic E-state index is 0.131. The number of benzene rings is 1. The summed E-state index contributed by atoms with van der Waals surface area (Å²) in [7, 11) is -3.49. The van der Waals surface area contributed by atoms with Gasteiger partial charge < -0.3 is 5.73 Å². The maximum absolute atomic E-state index is 12.0. The summed E-state index contributed by atoms with van der Waals surface area (Å²) < 4.78 is 26.4. The predicted octanol–water partition coefficient (Wildman–Crippen LogP) is 1.91. The van der Waals surface area contributed by atoms with Gasteiger partial charge in [0.05, 0.1) is 5.75 Å². The molecule has 100 valence electrons. The molecule has 2 rings (SSSR count). The second-order valence-corrected chi connectivity index (χ2v) is 6.05. The zero-order valence-corrected chi connectivity index (χ0v) is 11.3. The lowest BCUT2D eigenvalue weighted by molar-refractivity contribution is 0.600. The highest BCUT2D eigenvalue weighted by molar-refractivity contribution is 7.91. The van der Waals surface area contributed by atoms with Gasteiger partial charge >= 0.3 is 0 Å². The van der Waals surface area contributed by atoms with Gasteiger partial charge in [0.25, 0.3) is 0 Å². The van der Waals surface area contributed by atoms with Crippen LogP contribution in [-0.4, -0.2) is 13.4 Å². The molecule has 0 saturated heterocycles. The molecule has 5 nitrogen and oxygen atoms in total. The van der Waals surface area contributed by atoms with Crippen molar-refractivity contribution in [1.82, 2.24) is 4.98 Å². The Morgan fingerprint density at radius 2 is 2.05 bits per heavy atom. The normalized spacial score (nSPS) is 11.2. The lowest BCUT2D eigenvalue weighted by atomic mass is 10.2. The van der Waals surface area contributed by atoms with E-state index < -0.39 is 10.0 Å². The number of hydrogen-bond donors (Lipinski definition) is 2. The summed E-state index contributed by atoms with van der Waals surface area (Å²) in [5, 5.41) is 0. The van der Waals surface area contributed by atoms with Crippen LogP contribution in [-0.2, 0) is 15.8 Å². The molecule has 3 N–H and O–H groups in total. The van der Waals surface area contributed by atoms with Crippen LogP contribution >= 0.6 is 0 Å². The van der Waals surface area contributed by atoms with Crippen molar-refractivity contribution < 1.29 is 8.42 Å². The zero-order valence-electron chi connectivity index (χ0n) is 10.5. The quantitative estimate of drug-likeness (QED) is 0.836. The van der Waals surface area contributed by atoms with Crippen LogP contribution in [0.3, 0.4) is 0 Å². The third-order valence-electron chi connectivity index (χ3n) is 2.48. The molecule has 0 aliphatic heterocycles. The van der Waals surface area contributed by atoms with Crippen LogP contribution in [0.2, 0.25) is 0 Å². The van der Waals surface area contributed by atoms with E-state index in [1.807, 2.05) is 6.92 Å². The second-order valence-electron chi connectivity index (χ2n) is 4.32. The standard InChI is InChI=1S/C13H15N3O2S/c1-10-5-6-15-13(7-10)16-19(17,18)9-11-3-2-4-12(14)8-11/h2-8H,9,14H2,1H3,(H,15,16). The molecule has 2 aromatic rings. The molecule has 0 unspecified atom stereocenters. The first-order chi connectivity index (χ1) is 8.94. The van der Waals surface area contributed by atoms with Gasteiger partial charge in [-0.05, 0) is 42.3 Å². The van der Waals surface area contributed by atoms with Crippen LogP contribution in [0.5, 0.6) is 0 Å². The third-order valence-corrected chi connectivity index (χ3v) is 3.72. The molecule has 0 fully saturated rings. The molecule has 0 aliphatic carbocycles. The van der Waals surface area contributed by atoms with Crippen molar-refractivity contribution >= 4 is 21.5 Å². The highest BCUT2D eigenvalue weighted by Crippen LogP contribution is 2.13. The number of aryl methyl sites for hydroxylation is 1. The van der Waals surface area contributed by atoms with E-state index in [0.29, 0.717) is 17.1 Å². The third kappa shape index (κ3) is 3.96. The van der Waals surface area contributed by atoms with Gasteiger partial charge in [-0.25, -0.2) is 13.4 Å². The number of nitrogens with zero attached hydrogens (tertiary/aromatic N) is 1. The summed E-state index contributed by atoms with van der Waals surface area (Å²) >= 11 is 0. The van der Waals surface area contributed by atoms with Crippen molar-refractivity contribution in [3.63, 3.8) is 0 Å². The molecule has 0 radical (unpaired) electrons. The fourth-order valence-electron chi connectivity index (χ4n) is 1.69. The van der Waals surface area contributed by atoms with Crippen molar-refractivity contribution in [3.8, 4) is 0 Å². The molecule has 0 saturated carbocycles. The van der Waals surface area contributed by atoms with Crippen LogP contribution in [0.1, 0.15) is 11.1 Å². The number of hydrogen-bond acceptors (Lipinski definition) is 4. The average Bonchev–Trinajstić information content (AvgIpc) is 2.27. The van der Waals surface area contributed by atoms with Gasteiger partial charge in [0.2, 0.25) is 10.0 Å². The fraction of sp³-hybridized carbons (Fsp3) is 0.154. The number of aromatic nitrogens is 1. The number of pyridine rings is 1. The predicted molar refractivity (Wildman–Crippen MR) is 76.1 cm³/mol. The van der Waals surface area contributed by atoms with Crippen LogP contribution in [0, 0.1) is 6.92 Å². The maximum atomic E-state index is 12.0. The van der Waals surface area contributed by atoms with Crippen molar-refractivity contribution in [3.05, 3.63) is 53.7 Å². The number of nitrogens with one attached hydrogen (secondary N) is 1. The molecule has 0 bridgehead atoms. The molecule has 1 aromatic heterocycles. The van der Waals surface area contributed by atoms with Crippen LogP contribution in [0.4, 0.5) is 11.5 Å². The lowest BCUT2D eigenvalue weighted by Gasteiger charge is -2.08. The first-order valence-corrected chi connectivity index (χ1v) is 7.37. The number of anilines is 2. The fourth-order valence-corrected chi connectivity index (χ4v) is 2.81. The van der Waals surface area contributed by atoms with Crippen molar-refractivity contribution in [2.45, 2.75) is 12.7 Å². The minimum atomic E-state index is -3.49. The van der Waals surface area contributed by atoms with Crippen molar-refractivity contribution in [1.29, 1.82) is 0 Å². The van der Waals surface area contributed by atoms with Crippen LogP contribution in [0.25, 0.3) is 0 Å². The Balaban J connectivity index is 2.15. The Morgan fingerprint density at radius 3 is 2.74 bits per heavy atom. The first kappa shape index (κ1) is 13.4. The van der Waals surface area contributed by atoms with Crippen molar-refractivity contribution in [2.24, 2.45) is 0 Å². The highest BCUT2D eigenvalue weighted by Gasteiger charge is 2.12.